The molecule has 25 heavy (non-hydrogen) atoms. The van der Waals surface area contributed by atoms with Crippen LogP contribution in [0.5, 0.6) is 0 Å². The van der Waals surface area contributed by atoms with E-state index in [1.807, 2.05) is 0 Å². The number of carbonyl (C=O) groups is 1. The highest BCUT2D eigenvalue weighted by Crippen LogP contribution is 2.28. The number of hydrogen-bond acceptors (Lipinski definition) is 3. The van der Waals surface area contributed by atoms with E-state index in [4.69, 9.17) is 4.74 Å². The first-order chi connectivity index (χ1) is 12.0. The molecule has 0 fully saturated rings. The lowest BCUT2D eigenvalue weighted by molar-refractivity contribution is 0.126. The largest absolute Gasteiger partial charge is 0.418 e. The average molecular weight is 348 g/mol. The maximum absolute atomic E-state index is 13.4. The van der Waals surface area contributed by atoms with Crippen LogP contribution in [0, 0.1) is 12.7 Å². The maximum Gasteiger partial charge on any atom is 0.415 e. The summed E-state index contributed by atoms with van der Waals surface area (Å²) in [7, 11) is 0. The van der Waals surface area contributed by atoms with Crippen molar-refractivity contribution in [2.24, 2.45) is 0 Å². The molecule has 3 rings (SSSR count). The summed E-state index contributed by atoms with van der Waals surface area (Å²) in [6, 6.07) is 6.05. The third kappa shape index (κ3) is 3.65. The van der Waals surface area contributed by atoms with Crippen LogP contribution in [-0.2, 0) is 11.3 Å². The van der Waals surface area contributed by atoms with Crippen LogP contribution in [0.15, 0.2) is 42.8 Å². The van der Waals surface area contributed by atoms with E-state index in [9.17, 15) is 18.0 Å². The van der Waals surface area contributed by atoms with Crippen LogP contribution in [-0.4, -0.2) is 22.5 Å². The summed E-state index contributed by atoms with van der Waals surface area (Å²) in [5, 5.41) is 0. The molecule has 4 nitrogen and oxygen atoms in total. The van der Waals surface area contributed by atoms with Crippen LogP contribution >= 0.6 is 0 Å². The van der Waals surface area contributed by atoms with Gasteiger partial charge in [-0.05, 0) is 47.9 Å². The van der Waals surface area contributed by atoms with Crippen molar-refractivity contribution in [2.45, 2.75) is 19.9 Å². The van der Waals surface area contributed by atoms with E-state index in [1.165, 1.54) is 23.4 Å². The van der Waals surface area contributed by atoms with Crippen LogP contribution < -0.4 is 0 Å². The molecule has 1 aliphatic heterocycles. The highest BCUT2D eigenvalue weighted by atomic mass is 19.3. The van der Waals surface area contributed by atoms with E-state index in [1.54, 1.807) is 31.2 Å². The Morgan fingerprint density at radius 3 is 2.76 bits per heavy atom. The van der Waals surface area contributed by atoms with Gasteiger partial charge < -0.3 is 4.74 Å². The summed E-state index contributed by atoms with van der Waals surface area (Å²) in [4.78, 5) is 16.9. The number of hydrogen-bond donors (Lipinski definition) is 0. The van der Waals surface area contributed by atoms with Crippen LogP contribution in [0.25, 0.3) is 11.1 Å². The highest BCUT2D eigenvalue weighted by Gasteiger charge is 2.22. The number of ether oxygens (including phenoxy) is 1. The number of benzene rings is 1. The molecule has 0 spiro atoms. The maximum atomic E-state index is 13.4. The monoisotopic (exact) mass is 348 g/mol. The standard InChI is InChI=1S/C18H15F3N2O2/c1-11-7-12(3-4-15(11)19)13-8-14(16(17(20)21)22-9-13)10-23-5-2-6-25-18(23)24/h2-4,6-9,17H,5,10H2,1H3. The van der Waals surface area contributed by atoms with Gasteiger partial charge >= 0.3 is 6.09 Å². The molecule has 130 valence electrons. The zero-order valence-electron chi connectivity index (χ0n) is 13.4. The summed E-state index contributed by atoms with van der Waals surface area (Å²) < 4.78 is 44.7. The first-order valence-corrected chi connectivity index (χ1v) is 7.60. The first kappa shape index (κ1) is 17.0. The second kappa shape index (κ2) is 6.96. The Morgan fingerprint density at radius 2 is 2.08 bits per heavy atom. The zero-order valence-corrected chi connectivity index (χ0v) is 13.4. The third-order valence-electron chi connectivity index (χ3n) is 3.91. The number of rotatable bonds is 4. The summed E-state index contributed by atoms with van der Waals surface area (Å²) in [5.74, 6) is -0.344. The van der Waals surface area contributed by atoms with Gasteiger partial charge in [0.2, 0.25) is 0 Å². The number of amides is 1. The van der Waals surface area contributed by atoms with E-state index in [-0.39, 0.29) is 30.2 Å². The van der Waals surface area contributed by atoms with Crippen molar-refractivity contribution >= 4 is 6.09 Å². The fourth-order valence-corrected chi connectivity index (χ4v) is 2.59. The molecular weight excluding hydrogens is 333 g/mol. The molecule has 0 saturated heterocycles. The summed E-state index contributed by atoms with van der Waals surface area (Å²) in [5.41, 5.74) is 1.52. The van der Waals surface area contributed by atoms with Gasteiger partial charge in [-0.2, -0.15) is 0 Å². The molecule has 2 heterocycles. The molecule has 0 bridgehead atoms. The Labute approximate surface area is 142 Å². The van der Waals surface area contributed by atoms with Crippen LogP contribution in [0.1, 0.15) is 23.2 Å². The number of nitrogens with zero attached hydrogens (tertiary/aromatic N) is 2. The molecule has 2 aromatic rings. The molecule has 1 aliphatic rings. The van der Waals surface area contributed by atoms with Gasteiger partial charge in [-0.25, -0.2) is 18.0 Å². The van der Waals surface area contributed by atoms with Gasteiger partial charge in [-0.15, -0.1) is 0 Å². The number of halogens is 3. The summed E-state index contributed by atoms with van der Waals surface area (Å²) in [6.07, 6.45) is 0.833. The Bertz CT molecular complexity index is 837. The quantitative estimate of drug-likeness (QED) is 0.811. The van der Waals surface area contributed by atoms with Crippen molar-refractivity contribution in [3.8, 4) is 11.1 Å². The molecule has 0 radical (unpaired) electrons. The highest BCUT2D eigenvalue weighted by molar-refractivity contribution is 5.70. The van der Waals surface area contributed by atoms with Crippen molar-refractivity contribution in [3.63, 3.8) is 0 Å². The minimum Gasteiger partial charge on any atom is -0.418 e. The van der Waals surface area contributed by atoms with Gasteiger partial charge in [0.25, 0.3) is 6.43 Å². The van der Waals surface area contributed by atoms with Crippen molar-refractivity contribution in [3.05, 3.63) is 65.4 Å². The molecule has 0 unspecified atom stereocenters. The molecule has 1 aromatic carbocycles. The molecule has 1 aromatic heterocycles. The Morgan fingerprint density at radius 1 is 1.28 bits per heavy atom. The Kier molecular flexibility index (Phi) is 4.74. The van der Waals surface area contributed by atoms with E-state index in [0.717, 1.165) is 0 Å². The fourth-order valence-electron chi connectivity index (χ4n) is 2.59. The van der Waals surface area contributed by atoms with Crippen molar-refractivity contribution < 1.29 is 22.7 Å². The number of pyridine rings is 1. The van der Waals surface area contributed by atoms with Gasteiger partial charge in [0, 0.05) is 18.3 Å². The molecule has 7 heteroatoms. The van der Waals surface area contributed by atoms with E-state index in [0.29, 0.717) is 16.7 Å². The Balaban J connectivity index is 1.98. The SMILES string of the molecule is Cc1cc(-c2cnc(C(F)F)c(CN3CC=COC3=O)c2)ccc1F. The first-order valence-electron chi connectivity index (χ1n) is 7.60. The number of aryl methyl sites for hydroxylation is 1. The molecule has 0 saturated carbocycles. The lowest BCUT2D eigenvalue weighted by Gasteiger charge is -2.23. The van der Waals surface area contributed by atoms with Crippen LogP contribution in [0.3, 0.4) is 0 Å². The molecule has 0 atom stereocenters. The normalized spacial score (nSPS) is 14.1. The minimum atomic E-state index is -2.77. The minimum absolute atomic E-state index is 0.0517. The fraction of sp³-hybridized carbons (Fsp3) is 0.222. The van der Waals surface area contributed by atoms with Gasteiger partial charge in [0.1, 0.15) is 11.5 Å². The van der Waals surface area contributed by atoms with Crippen molar-refractivity contribution in [1.29, 1.82) is 0 Å². The lowest BCUT2D eigenvalue weighted by Crippen LogP contribution is -2.33. The predicted octanol–water partition coefficient (Wildman–Crippen LogP) is 4.60. The zero-order chi connectivity index (χ0) is 18.0. The molecule has 0 aliphatic carbocycles. The van der Waals surface area contributed by atoms with Crippen molar-refractivity contribution in [1.82, 2.24) is 9.88 Å². The third-order valence-corrected chi connectivity index (χ3v) is 3.91. The second-order valence-corrected chi connectivity index (χ2v) is 5.67. The van der Waals surface area contributed by atoms with E-state index < -0.39 is 12.5 Å². The van der Waals surface area contributed by atoms with Gasteiger partial charge in [-0.3, -0.25) is 9.88 Å². The smallest absolute Gasteiger partial charge is 0.415 e. The van der Waals surface area contributed by atoms with Crippen LogP contribution in [0.2, 0.25) is 0 Å². The van der Waals surface area contributed by atoms with Gasteiger partial charge in [0.15, 0.2) is 0 Å². The van der Waals surface area contributed by atoms with E-state index >= 15 is 0 Å². The van der Waals surface area contributed by atoms with Gasteiger partial charge in [0.05, 0.1) is 12.8 Å². The second-order valence-electron chi connectivity index (χ2n) is 5.67. The predicted molar refractivity (Wildman–Crippen MR) is 85.4 cm³/mol. The van der Waals surface area contributed by atoms with Crippen LogP contribution in [0.4, 0.5) is 18.0 Å². The summed E-state index contributed by atoms with van der Waals surface area (Å²) in [6.45, 7) is 1.84. The topological polar surface area (TPSA) is 42.4 Å². The van der Waals surface area contributed by atoms with Crippen molar-refractivity contribution in [2.75, 3.05) is 6.54 Å². The number of aromatic nitrogens is 1. The lowest BCUT2D eigenvalue weighted by atomic mass is 10.0. The molecular formula is C18H15F3N2O2. The number of cyclic esters (lactones) is 1. The number of alkyl halides is 2. The average Bonchev–Trinajstić information content (AvgIpc) is 2.59. The molecule has 0 N–H and O–H groups in total. The Hall–Kier alpha value is -2.83. The summed E-state index contributed by atoms with van der Waals surface area (Å²) >= 11 is 0. The molecule has 1 amide bonds. The van der Waals surface area contributed by atoms with E-state index in [2.05, 4.69) is 4.98 Å². The number of carbonyl (C=O) groups excluding carboxylic acids is 1. The van der Waals surface area contributed by atoms with Gasteiger partial charge in [-0.1, -0.05) is 6.07 Å².